The van der Waals surface area contributed by atoms with Crippen molar-refractivity contribution in [3.63, 3.8) is 0 Å². The summed E-state index contributed by atoms with van der Waals surface area (Å²) in [4.78, 5) is 9.23. The number of hydrogen-bond acceptors (Lipinski definition) is 4. The third-order valence-corrected chi connectivity index (χ3v) is 4.12. The quantitative estimate of drug-likeness (QED) is 0.571. The summed E-state index contributed by atoms with van der Waals surface area (Å²) in [6.07, 6.45) is 3.57. The fourth-order valence-corrected chi connectivity index (χ4v) is 2.82. The molecule has 114 valence electrons. The molecule has 4 heterocycles. The topological polar surface area (TPSA) is 61.4 Å². The fraction of sp³-hybridized carbons (Fsp3) is 0.176. The van der Waals surface area contributed by atoms with Crippen molar-refractivity contribution in [3.8, 4) is 22.6 Å². The van der Waals surface area contributed by atoms with E-state index in [2.05, 4.69) is 21.2 Å². The van der Waals surface area contributed by atoms with Crippen molar-refractivity contribution < 1.29 is 0 Å². The van der Waals surface area contributed by atoms with Crippen LogP contribution < -0.4 is 0 Å². The SMILES string of the molecule is Cc1c2c(-c3ccccn3)cc(-c3ccnn3C)nc2nn1C. The van der Waals surface area contributed by atoms with E-state index in [1.807, 2.05) is 54.6 Å². The zero-order chi connectivity index (χ0) is 16.0. The average molecular weight is 304 g/mol. The molecular formula is C17H16N6. The monoisotopic (exact) mass is 304 g/mol. The summed E-state index contributed by atoms with van der Waals surface area (Å²) in [7, 11) is 3.84. The Morgan fingerprint density at radius 1 is 0.957 bits per heavy atom. The van der Waals surface area contributed by atoms with Gasteiger partial charge in [0.05, 0.1) is 22.5 Å². The Kier molecular flexibility index (Phi) is 2.97. The highest BCUT2D eigenvalue weighted by atomic mass is 15.3. The first-order valence-corrected chi connectivity index (χ1v) is 7.39. The molecule has 0 aliphatic heterocycles. The molecule has 23 heavy (non-hydrogen) atoms. The van der Waals surface area contributed by atoms with E-state index < -0.39 is 0 Å². The molecule has 0 N–H and O–H groups in total. The lowest BCUT2D eigenvalue weighted by atomic mass is 10.0. The predicted molar refractivity (Wildman–Crippen MR) is 88.7 cm³/mol. The molecule has 4 aromatic rings. The lowest BCUT2D eigenvalue weighted by Gasteiger charge is -2.07. The van der Waals surface area contributed by atoms with E-state index in [1.165, 1.54) is 0 Å². The number of nitrogens with zero attached hydrogens (tertiary/aromatic N) is 6. The van der Waals surface area contributed by atoms with Gasteiger partial charge in [0.25, 0.3) is 0 Å². The Bertz CT molecular complexity index is 997. The Morgan fingerprint density at radius 2 is 1.83 bits per heavy atom. The van der Waals surface area contributed by atoms with Crippen LogP contribution in [0.4, 0.5) is 0 Å². The minimum absolute atomic E-state index is 0.726. The molecule has 4 rings (SSSR count). The number of aromatic nitrogens is 6. The number of pyridine rings is 2. The van der Waals surface area contributed by atoms with Gasteiger partial charge in [0, 0.05) is 37.7 Å². The molecule has 0 amide bonds. The average Bonchev–Trinajstić information content (AvgIpc) is 3.11. The first-order chi connectivity index (χ1) is 11.1. The van der Waals surface area contributed by atoms with Gasteiger partial charge in [0.15, 0.2) is 5.65 Å². The van der Waals surface area contributed by atoms with Gasteiger partial charge in [0.1, 0.15) is 0 Å². The maximum Gasteiger partial charge on any atom is 0.182 e. The van der Waals surface area contributed by atoms with E-state index in [0.717, 1.165) is 39.4 Å². The fourth-order valence-electron chi connectivity index (χ4n) is 2.82. The van der Waals surface area contributed by atoms with Crippen molar-refractivity contribution in [1.29, 1.82) is 0 Å². The molecule has 0 atom stereocenters. The van der Waals surface area contributed by atoms with Gasteiger partial charge in [-0.3, -0.25) is 14.3 Å². The van der Waals surface area contributed by atoms with E-state index in [1.54, 1.807) is 12.4 Å². The molecule has 0 saturated carbocycles. The third kappa shape index (κ3) is 2.11. The summed E-state index contributed by atoms with van der Waals surface area (Å²) in [5.74, 6) is 0. The van der Waals surface area contributed by atoms with Gasteiger partial charge in [-0.2, -0.15) is 10.2 Å². The Morgan fingerprint density at radius 3 is 2.52 bits per heavy atom. The highest BCUT2D eigenvalue weighted by Gasteiger charge is 2.17. The highest BCUT2D eigenvalue weighted by Crippen LogP contribution is 2.32. The van der Waals surface area contributed by atoms with Gasteiger partial charge in [-0.1, -0.05) is 6.07 Å². The lowest BCUT2D eigenvalue weighted by molar-refractivity contribution is 0.747. The standard InChI is InChI=1S/C17H16N6/c1-11-16-12(13-6-4-5-8-18-13)10-14(15-7-9-19-23(15)3)20-17(16)21-22(11)2/h4-10H,1-3H3. The molecule has 4 aromatic heterocycles. The predicted octanol–water partition coefficient (Wildman–Crippen LogP) is 2.74. The highest BCUT2D eigenvalue weighted by molar-refractivity contribution is 5.95. The van der Waals surface area contributed by atoms with Crippen LogP contribution in [0.2, 0.25) is 0 Å². The second kappa shape index (κ2) is 5.01. The molecule has 0 spiro atoms. The van der Waals surface area contributed by atoms with Gasteiger partial charge < -0.3 is 0 Å². The first-order valence-electron chi connectivity index (χ1n) is 7.39. The summed E-state index contributed by atoms with van der Waals surface area (Å²) >= 11 is 0. The smallest absolute Gasteiger partial charge is 0.182 e. The number of rotatable bonds is 2. The van der Waals surface area contributed by atoms with Crippen LogP contribution in [0.25, 0.3) is 33.7 Å². The van der Waals surface area contributed by atoms with Crippen LogP contribution in [-0.4, -0.2) is 29.5 Å². The molecule has 0 aliphatic rings. The molecule has 0 aliphatic carbocycles. The number of fused-ring (bicyclic) bond motifs is 1. The molecule has 0 unspecified atom stereocenters. The molecule has 0 fully saturated rings. The van der Waals surface area contributed by atoms with Gasteiger partial charge in [0.2, 0.25) is 0 Å². The van der Waals surface area contributed by atoms with Gasteiger partial charge >= 0.3 is 0 Å². The number of hydrogen-bond donors (Lipinski definition) is 0. The maximum absolute atomic E-state index is 4.73. The van der Waals surface area contributed by atoms with Crippen LogP contribution in [0.15, 0.2) is 42.7 Å². The van der Waals surface area contributed by atoms with Crippen molar-refractivity contribution in [1.82, 2.24) is 29.5 Å². The van der Waals surface area contributed by atoms with E-state index in [9.17, 15) is 0 Å². The van der Waals surface area contributed by atoms with Crippen LogP contribution in [0.5, 0.6) is 0 Å². The number of aryl methyl sites for hydroxylation is 3. The molecular weight excluding hydrogens is 288 g/mol. The minimum atomic E-state index is 0.726. The zero-order valence-electron chi connectivity index (χ0n) is 13.2. The largest absolute Gasteiger partial charge is 0.270 e. The molecule has 0 aromatic carbocycles. The second-order valence-corrected chi connectivity index (χ2v) is 5.52. The van der Waals surface area contributed by atoms with E-state index in [4.69, 9.17) is 4.98 Å². The van der Waals surface area contributed by atoms with Gasteiger partial charge in [-0.25, -0.2) is 4.98 Å². The van der Waals surface area contributed by atoms with Crippen LogP contribution in [0.1, 0.15) is 5.69 Å². The zero-order valence-corrected chi connectivity index (χ0v) is 13.2. The summed E-state index contributed by atoms with van der Waals surface area (Å²) in [6, 6.07) is 9.93. The summed E-state index contributed by atoms with van der Waals surface area (Å²) in [6.45, 7) is 2.05. The van der Waals surface area contributed by atoms with Crippen molar-refractivity contribution in [2.45, 2.75) is 6.92 Å². The molecule has 0 radical (unpaired) electrons. The van der Waals surface area contributed by atoms with Gasteiger partial charge in [-0.15, -0.1) is 0 Å². The molecule has 6 nitrogen and oxygen atoms in total. The minimum Gasteiger partial charge on any atom is -0.270 e. The van der Waals surface area contributed by atoms with E-state index in [-0.39, 0.29) is 0 Å². The Labute approximate surface area is 133 Å². The van der Waals surface area contributed by atoms with E-state index in [0.29, 0.717) is 0 Å². The Hall–Kier alpha value is -3.02. The second-order valence-electron chi connectivity index (χ2n) is 5.52. The van der Waals surface area contributed by atoms with E-state index >= 15 is 0 Å². The van der Waals surface area contributed by atoms with Crippen molar-refractivity contribution >= 4 is 11.0 Å². The third-order valence-electron chi connectivity index (χ3n) is 4.12. The van der Waals surface area contributed by atoms with Crippen LogP contribution in [-0.2, 0) is 14.1 Å². The Balaban J connectivity index is 2.08. The van der Waals surface area contributed by atoms with Crippen molar-refractivity contribution in [2.24, 2.45) is 14.1 Å². The van der Waals surface area contributed by atoms with Crippen molar-refractivity contribution in [3.05, 3.63) is 48.4 Å². The molecule has 6 heteroatoms. The maximum atomic E-state index is 4.73. The van der Waals surface area contributed by atoms with Crippen LogP contribution in [0.3, 0.4) is 0 Å². The van der Waals surface area contributed by atoms with Crippen LogP contribution >= 0.6 is 0 Å². The lowest BCUT2D eigenvalue weighted by Crippen LogP contribution is -1.97. The van der Waals surface area contributed by atoms with Crippen LogP contribution in [0, 0.1) is 6.92 Å². The van der Waals surface area contributed by atoms with Crippen molar-refractivity contribution in [2.75, 3.05) is 0 Å². The molecule has 0 saturated heterocycles. The summed E-state index contributed by atoms with van der Waals surface area (Å²) < 4.78 is 3.67. The first kappa shape index (κ1) is 13.6. The normalized spacial score (nSPS) is 11.3. The summed E-state index contributed by atoms with van der Waals surface area (Å²) in [5.41, 5.74) is 5.55. The van der Waals surface area contributed by atoms with Gasteiger partial charge in [-0.05, 0) is 31.2 Å². The molecule has 0 bridgehead atoms. The summed E-state index contributed by atoms with van der Waals surface area (Å²) in [5, 5.41) is 9.82.